The monoisotopic (exact) mass is 182 g/mol. The molecule has 2 heteroatoms. The third-order valence-electron chi connectivity index (χ3n) is 2.25. The number of aliphatic hydroxyl groups is 1. The van der Waals surface area contributed by atoms with Crippen molar-refractivity contribution in [3.63, 3.8) is 0 Å². The molecule has 1 aromatic carbocycles. The number of aryl methyl sites for hydroxylation is 1. The smallest absolute Gasteiger partial charge is 0.127 e. The second-order valence-corrected chi connectivity index (χ2v) is 4.03. The fourth-order valence-corrected chi connectivity index (χ4v) is 1.25. The molecule has 0 saturated carbocycles. The average molecular weight is 182 g/mol. The van der Waals surface area contributed by atoms with E-state index in [1.165, 1.54) is 6.07 Å². The van der Waals surface area contributed by atoms with Crippen molar-refractivity contribution in [2.75, 3.05) is 6.61 Å². The summed E-state index contributed by atoms with van der Waals surface area (Å²) < 4.78 is 13.4. The molecular weight excluding hydrogens is 167 g/mol. The van der Waals surface area contributed by atoms with Gasteiger partial charge in [-0.25, -0.2) is 4.39 Å². The minimum Gasteiger partial charge on any atom is -0.395 e. The van der Waals surface area contributed by atoms with Gasteiger partial charge in [-0.3, -0.25) is 0 Å². The molecule has 0 aliphatic heterocycles. The van der Waals surface area contributed by atoms with Crippen LogP contribution in [0.1, 0.15) is 25.0 Å². The van der Waals surface area contributed by atoms with Crippen LogP contribution in [-0.2, 0) is 5.41 Å². The molecule has 1 nitrogen and oxygen atoms in total. The summed E-state index contributed by atoms with van der Waals surface area (Å²) in [6, 6.07) is 5.09. The Morgan fingerprint density at radius 1 is 1.38 bits per heavy atom. The molecular formula is C11H15FO. The summed E-state index contributed by atoms with van der Waals surface area (Å²) in [6.45, 7) is 5.44. The summed E-state index contributed by atoms with van der Waals surface area (Å²) in [5.41, 5.74) is 0.966. The lowest BCUT2D eigenvalue weighted by Gasteiger charge is -2.22. The topological polar surface area (TPSA) is 20.2 Å². The fraction of sp³-hybridized carbons (Fsp3) is 0.455. The number of benzene rings is 1. The third kappa shape index (κ3) is 2.07. The summed E-state index contributed by atoms with van der Waals surface area (Å²) in [6.07, 6.45) is 0. The van der Waals surface area contributed by atoms with Crippen LogP contribution in [-0.4, -0.2) is 11.7 Å². The van der Waals surface area contributed by atoms with Crippen molar-refractivity contribution < 1.29 is 9.50 Å². The van der Waals surface area contributed by atoms with E-state index in [4.69, 9.17) is 5.11 Å². The molecule has 0 unspecified atom stereocenters. The lowest BCUT2D eigenvalue weighted by atomic mass is 9.85. The summed E-state index contributed by atoms with van der Waals surface area (Å²) in [4.78, 5) is 0. The Morgan fingerprint density at radius 3 is 2.46 bits per heavy atom. The maximum absolute atomic E-state index is 13.4. The highest BCUT2D eigenvalue weighted by Crippen LogP contribution is 2.25. The Kier molecular flexibility index (Phi) is 2.71. The van der Waals surface area contributed by atoms with E-state index in [1.54, 1.807) is 6.07 Å². The normalized spacial score (nSPS) is 11.8. The van der Waals surface area contributed by atoms with E-state index in [9.17, 15) is 4.39 Å². The van der Waals surface area contributed by atoms with Crippen molar-refractivity contribution in [1.82, 2.24) is 0 Å². The fourth-order valence-electron chi connectivity index (χ4n) is 1.25. The lowest BCUT2D eigenvalue weighted by Crippen LogP contribution is -2.23. The Morgan fingerprint density at radius 2 is 2.00 bits per heavy atom. The molecule has 0 aliphatic carbocycles. The van der Waals surface area contributed by atoms with Gasteiger partial charge in [0.25, 0.3) is 0 Å². The highest BCUT2D eigenvalue weighted by Gasteiger charge is 2.22. The van der Waals surface area contributed by atoms with Gasteiger partial charge in [0, 0.05) is 5.41 Å². The van der Waals surface area contributed by atoms with Crippen molar-refractivity contribution in [2.45, 2.75) is 26.2 Å². The SMILES string of the molecule is Cc1ccc(C(C)(C)CO)c(F)c1. The summed E-state index contributed by atoms with van der Waals surface area (Å²) in [5, 5.41) is 9.07. The number of halogens is 1. The molecule has 0 atom stereocenters. The van der Waals surface area contributed by atoms with Gasteiger partial charge >= 0.3 is 0 Å². The molecule has 0 spiro atoms. The lowest BCUT2D eigenvalue weighted by molar-refractivity contribution is 0.215. The zero-order valence-electron chi connectivity index (χ0n) is 8.26. The van der Waals surface area contributed by atoms with Crippen LogP contribution in [0.5, 0.6) is 0 Å². The van der Waals surface area contributed by atoms with Gasteiger partial charge < -0.3 is 5.11 Å². The Bertz CT molecular complexity index is 305. The maximum Gasteiger partial charge on any atom is 0.127 e. The first-order chi connectivity index (χ1) is 5.97. The van der Waals surface area contributed by atoms with E-state index < -0.39 is 5.41 Å². The van der Waals surface area contributed by atoms with Crippen LogP contribution in [0.3, 0.4) is 0 Å². The van der Waals surface area contributed by atoms with Crippen LogP contribution in [0.2, 0.25) is 0 Å². The molecule has 13 heavy (non-hydrogen) atoms. The molecule has 0 fully saturated rings. The van der Waals surface area contributed by atoms with Crippen LogP contribution in [0.4, 0.5) is 4.39 Å². The van der Waals surface area contributed by atoms with Gasteiger partial charge in [0.05, 0.1) is 6.61 Å². The number of rotatable bonds is 2. The van der Waals surface area contributed by atoms with Crippen LogP contribution in [0.15, 0.2) is 18.2 Å². The first kappa shape index (κ1) is 10.2. The number of hydrogen-bond acceptors (Lipinski definition) is 1. The Hall–Kier alpha value is -0.890. The number of aliphatic hydroxyl groups excluding tert-OH is 1. The zero-order chi connectivity index (χ0) is 10.1. The van der Waals surface area contributed by atoms with Crippen LogP contribution < -0.4 is 0 Å². The van der Waals surface area contributed by atoms with Gasteiger partial charge in [0.2, 0.25) is 0 Å². The molecule has 0 radical (unpaired) electrons. The van der Waals surface area contributed by atoms with Crippen molar-refractivity contribution in [2.24, 2.45) is 0 Å². The van der Waals surface area contributed by atoms with Crippen molar-refractivity contribution in [1.29, 1.82) is 0 Å². The van der Waals surface area contributed by atoms with Gasteiger partial charge in [-0.05, 0) is 24.1 Å². The van der Waals surface area contributed by atoms with E-state index in [0.717, 1.165) is 5.56 Å². The van der Waals surface area contributed by atoms with E-state index >= 15 is 0 Å². The third-order valence-corrected chi connectivity index (χ3v) is 2.25. The van der Waals surface area contributed by atoms with Crippen LogP contribution in [0, 0.1) is 12.7 Å². The molecule has 0 saturated heterocycles. The van der Waals surface area contributed by atoms with Crippen molar-refractivity contribution in [3.8, 4) is 0 Å². The molecule has 1 aromatic rings. The van der Waals surface area contributed by atoms with Gasteiger partial charge in [-0.2, -0.15) is 0 Å². The quantitative estimate of drug-likeness (QED) is 0.744. The summed E-state index contributed by atoms with van der Waals surface area (Å²) in [5.74, 6) is -0.237. The van der Waals surface area contributed by atoms with Crippen LogP contribution >= 0.6 is 0 Å². The van der Waals surface area contributed by atoms with Crippen LogP contribution in [0.25, 0.3) is 0 Å². The summed E-state index contributed by atoms with van der Waals surface area (Å²) >= 11 is 0. The molecule has 72 valence electrons. The van der Waals surface area contributed by atoms with E-state index in [0.29, 0.717) is 5.56 Å². The second kappa shape index (κ2) is 3.46. The second-order valence-electron chi connectivity index (χ2n) is 4.03. The molecule has 1 rings (SSSR count). The van der Waals surface area contributed by atoms with Gasteiger partial charge in [-0.1, -0.05) is 26.0 Å². The number of hydrogen-bond donors (Lipinski definition) is 1. The maximum atomic E-state index is 13.4. The first-order valence-electron chi connectivity index (χ1n) is 4.35. The van der Waals surface area contributed by atoms with Gasteiger partial charge in [0.15, 0.2) is 0 Å². The largest absolute Gasteiger partial charge is 0.395 e. The minimum atomic E-state index is -0.502. The van der Waals surface area contributed by atoms with E-state index in [2.05, 4.69) is 0 Å². The Balaban J connectivity index is 3.16. The van der Waals surface area contributed by atoms with E-state index in [1.807, 2.05) is 26.8 Å². The average Bonchev–Trinajstić information content (AvgIpc) is 2.03. The highest BCUT2D eigenvalue weighted by molar-refractivity contribution is 5.29. The molecule has 0 amide bonds. The zero-order valence-corrected chi connectivity index (χ0v) is 8.26. The van der Waals surface area contributed by atoms with Gasteiger partial charge in [0.1, 0.15) is 5.82 Å². The molecule has 1 N–H and O–H groups in total. The first-order valence-corrected chi connectivity index (χ1v) is 4.35. The molecule has 0 bridgehead atoms. The van der Waals surface area contributed by atoms with Crippen molar-refractivity contribution in [3.05, 3.63) is 35.1 Å². The molecule has 0 aliphatic rings. The molecule has 0 aromatic heterocycles. The standard InChI is InChI=1S/C11H15FO/c1-8-4-5-9(10(12)6-8)11(2,3)7-13/h4-6,13H,7H2,1-3H3. The minimum absolute atomic E-state index is 0.0486. The predicted molar refractivity (Wildman–Crippen MR) is 51.2 cm³/mol. The highest BCUT2D eigenvalue weighted by atomic mass is 19.1. The van der Waals surface area contributed by atoms with Crippen molar-refractivity contribution >= 4 is 0 Å². The molecule has 0 heterocycles. The Labute approximate surface area is 78.2 Å². The summed E-state index contributed by atoms with van der Waals surface area (Å²) in [7, 11) is 0. The predicted octanol–water partition coefficient (Wildman–Crippen LogP) is 2.40. The van der Waals surface area contributed by atoms with Gasteiger partial charge in [-0.15, -0.1) is 0 Å². The van der Waals surface area contributed by atoms with E-state index in [-0.39, 0.29) is 12.4 Å².